The number of carbonyl (C=O) groups excluding carboxylic acids is 3. The Morgan fingerprint density at radius 1 is 1.18 bits per heavy atom. The quantitative estimate of drug-likeness (QED) is 0.162. The molecule has 0 aromatic rings. The molecule has 0 aliphatic carbocycles. The number of methoxy groups -OCH3 is 1. The molecule has 0 aromatic heterocycles. The summed E-state index contributed by atoms with van der Waals surface area (Å²) in [6, 6.07) is -0.236. The van der Waals surface area contributed by atoms with E-state index in [-0.39, 0.29) is 52.2 Å². The minimum atomic E-state index is -0.799. The molecule has 0 amide bonds. The Labute approximate surface area is 204 Å². The summed E-state index contributed by atoms with van der Waals surface area (Å²) in [5.41, 5.74) is 0. The molecule has 0 spiro atoms. The van der Waals surface area contributed by atoms with Crippen molar-refractivity contribution >= 4 is 62.7 Å². The number of rotatable bonds is 11. The van der Waals surface area contributed by atoms with E-state index in [9.17, 15) is 14.4 Å². The SMILES string of the molecule is CO[C@@H]1OC(COC(I)C(C)=O)[C@@H](C)[C@H](C[I-]OC(C)=O)C1NC(I)C(C)=O. The van der Waals surface area contributed by atoms with E-state index in [1.54, 1.807) is 7.11 Å². The van der Waals surface area contributed by atoms with Gasteiger partial charge >= 0.3 is 206 Å². The molecule has 0 saturated carbocycles. The molecule has 1 N–H and O–H groups in total. The molecule has 1 saturated heterocycles. The Hall–Kier alpha value is 0.840. The van der Waals surface area contributed by atoms with E-state index in [0.717, 1.165) is 0 Å². The van der Waals surface area contributed by atoms with Crippen molar-refractivity contribution in [3.05, 3.63) is 0 Å². The molecule has 164 valence electrons. The van der Waals surface area contributed by atoms with Gasteiger partial charge in [-0.3, -0.25) is 0 Å². The minimum absolute atomic E-state index is 0.0104. The van der Waals surface area contributed by atoms with Crippen LogP contribution < -0.4 is 26.9 Å². The number of carbonyl (C=O) groups is 3. The third-order valence-electron chi connectivity index (χ3n) is 4.38. The molecular formula is C17H27I3NO7-. The van der Waals surface area contributed by atoms with Gasteiger partial charge in [-0.15, -0.1) is 0 Å². The van der Waals surface area contributed by atoms with E-state index in [0.29, 0.717) is 4.43 Å². The number of nitrogens with one attached hydrogen (secondary N) is 1. The second kappa shape index (κ2) is 13.3. The first kappa shape index (κ1) is 26.9. The normalized spacial score (nSPS) is 29.9. The zero-order valence-corrected chi connectivity index (χ0v) is 22.9. The van der Waals surface area contributed by atoms with Gasteiger partial charge in [0.2, 0.25) is 0 Å². The number of alkyl halides is 3. The predicted octanol–water partition coefficient (Wildman–Crippen LogP) is -1.15. The molecule has 7 atom stereocenters. The van der Waals surface area contributed by atoms with Gasteiger partial charge in [-0.1, -0.05) is 0 Å². The summed E-state index contributed by atoms with van der Waals surface area (Å²) in [5, 5.41) is 3.31. The fraction of sp³-hybridized carbons (Fsp3) is 0.824. The van der Waals surface area contributed by atoms with Gasteiger partial charge in [0, 0.05) is 0 Å². The number of hydrogen-bond donors (Lipinski definition) is 1. The van der Waals surface area contributed by atoms with Crippen molar-refractivity contribution in [2.24, 2.45) is 11.8 Å². The van der Waals surface area contributed by atoms with Crippen LogP contribution in [0, 0.1) is 11.8 Å². The van der Waals surface area contributed by atoms with E-state index < -0.39 is 32.0 Å². The fourth-order valence-corrected chi connectivity index (χ4v) is 5.79. The molecule has 11 heteroatoms. The number of Topliss-reactive ketones (excluding diaryl/α,β-unsaturated/α-hetero) is 2. The summed E-state index contributed by atoms with van der Waals surface area (Å²) in [6.07, 6.45) is -0.867. The zero-order valence-electron chi connectivity index (χ0n) is 16.4. The molecule has 1 aliphatic rings. The topological polar surface area (TPSA) is 100 Å². The van der Waals surface area contributed by atoms with Crippen LogP contribution in [-0.2, 0) is 31.7 Å². The van der Waals surface area contributed by atoms with Gasteiger partial charge in [0.25, 0.3) is 0 Å². The Morgan fingerprint density at radius 3 is 2.32 bits per heavy atom. The van der Waals surface area contributed by atoms with E-state index in [2.05, 4.69) is 27.9 Å². The summed E-state index contributed by atoms with van der Waals surface area (Å²) >= 11 is 3.20. The molecule has 0 radical (unpaired) electrons. The molecule has 0 aromatic carbocycles. The van der Waals surface area contributed by atoms with Gasteiger partial charge in [-0.25, -0.2) is 0 Å². The summed E-state index contributed by atoms with van der Waals surface area (Å²) in [7, 11) is 1.55. The third kappa shape index (κ3) is 8.53. The van der Waals surface area contributed by atoms with Crippen LogP contribution in [0.1, 0.15) is 27.7 Å². The van der Waals surface area contributed by atoms with Crippen molar-refractivity contribution in [3.8, 4) is 0 Å². The van der Waals surface area contributed by atoms with Crippen LogP contribution >= 0.6 is 45.2 Å². The van der Waals surface area contributed by atoms with Gasteiger partial charge in [-0.2, -0.15) is 0 Å². The maximum atomic E-state index is 11.7. The summed E-state index contributed by atoms with van der Waals surface area (Å²) in [4.78, 5) is 34.4. The summed E-state index contributed by atoms with van der Waals surface area (Å²) in [5.74, 6) is -0.231. The van der Waals surface area contributed by atoms with Crippen LogP contribution in [0.5, 0.6) is 0 Å². The van der Waals surface area contributed by atoms with E-state index in [4.69, 9.17) is 17.3 Å². The Kier molecular flexibility index (Phi) is 12.8. The molecule has 1 rings (SSSR count). The van der Waals surface area contributed by atoms with Crippen LogP contribution in [0.15, 0.2) is 0 Å². The van der Waals surface area contributed by atoms with Crippen molar-refractivity contribution in [1.29, 1.82) is 0 Å². The van der Waals surface area contributed by atoms with Crippen molar-refractivity contribution < 1.29 is 53.3 Å². The summed E-state index contributed by atoms with van der Waals surface area (Å²) < 4.78 is 22.3. The number of halogens is 3. The number of ether oxygens (including phenoxy) is 3. The first-order valence-corrected chi connectivity index (χ1v) is 13.6. The van der Waals surface area contributed by atoms with Crippen molar-refractivity contribution in [2.45, 2.75) is 54.3 Å². The van der Waals surface area contributed by atoms with Crippen molar-refractivity contribution in [3.63, 3.8) is 0 Å². The first-order chi connectivity index (χ1) is 13.1. The zero-order chi connectivity index (χ0) is 21.4. The van der Waals surface area contributed by atoms with Gasteiger partial charge < -0.3 is 0 Å². The van der Waals surface area contributed by atoms with Crippen molar-refractivity contribution in [2.75, 3.05) is 18.1 Å². The third-order valence-corrected chi connectivity index (χ3v) is 9.17. The molecular weight excluding hydrogens is 711 g/mol. The molecule has 4 unspecified atom stereocenters. The summed E-state index contributed by atoms with van der Waals surface area (Å²) in [6.45, 7) is 6.70. The van der Waals surface area contributed by atoms with E-state index >= 15 is 0 Å². The van der Waals surface area contributed by atoms with Crippen LogP contribution in [0.4, 0.5) is 0 Å². The molecule has 8 nitrogen and oxygen atoms in total. The monoisotopic (exact) mass is 738 g/mol. The van der Waals surface area contributed by atoms with Gasteiger partial charge in [0.05, 0.1) is 0 Å². The van der Waals surface area contributed by atoms with Crippen molar-refractivity contribution in [1.82, 2.24) is 5.32 Å². The fourth-order valence-electron chi connectivity index (χ4n) is 2.78. The Bertz CT molecular complexity index is 551. The number of hydrogen-bond acceptors (Lipinski definition) is 8. The van der Waals surface area contributed by atoms with Gasteiger partial charge in [-0.05, 0) is 0 Å². The average Bonchev–Trinajstić information content (AvgIpc) is 2.62. The molecule has 1 heterocycles. The molecule has 1 aliphatic heterocycles. The molecule has 0 bridgehead atoms. The second-order valence-electron chi connectivity index (χ2n) is 6.56. The van der Waals surface area contributed by atoms with Crippen LogP contribution in [-0.4, -0.2) is 62.3 Å². The van der Waals surface area contributed by atoms with Gasteiger partial charge in [0.15, 0.2) is 0 Å². The van der Waals surface area contributed by atoms with E-state index in [1.165, 1.54) is 20.8 Å². The molecule has 28 heavy (non-hydrogen) atoms. The first-order valence-electron chi connectivity index (χ1n) is 8.70. The van der Waals surface area contributed by atoms with Crippen LogP contribution in [0.3, 0.4) is 0 Å². The van der Waals surface area contributed by atoms with Crippen LogP contribution in [0.2, 0.25) is 0 Å². The Balaban J connectivity index is 2.95. The standard InChI is InChI=1S/C17H27I3NO7/c1-8-12(6-20-28-11(4)24)14(21-15(18)9(2)22)17(25-5)27-13(8)7-26-16(19)10(3)23/h8,12-17,21H,6-7H2,1-5H3/q-1/t8-,12-,13?,14?,15?,16?,17+/m0/s1. The average molecular weight is 738 g/mol. The predicted molar refractivity (Wildman–Crippen MR) is 115 cm³/mol. The second-order valence-corrected chi connectivity index (χ2v) is 10.9. The number of ketones is 2. The molecule has 1 fully saturated rings. The Morgan fingerprint density at radius 2 is 1.82 bits per heavy atom. The van der Waals surface area contributed by atoms with Gasteiger partial charge in [0.1, 0.15) is 0 Å². The van der Waals surface area contributed by atoms with Crippen LogP contribution in [0.25, 0.3) is 0 Å². The maximum absolute atomic E-state index is 11.7. The van der Waals surface area contributed by atoms with E-state index in [1.807, 2.05) is 29.5 Å².